The molecule has 2 fully saturated rings. The van der Waals surface area contributed by atoms with Crippen LogP contribution in [0.15, 0.2) is 65.8 Å². The molecule has 47 heavy (non-hydrogen) atoms. The molecule has 3 aromatic heterocycles. The molecule has 244 valence electrons. The normalized spacial score (nSPS) is 16.9. The van der Waals surface area contributed by atoms with Crippen LogP contribution < -0.4 is 20.8 Å². The summed E-state index contributed by atoms with van der Waals surface area (Å²) in [5, 5.41) is 11.9. The van der Waals surface area contributed by atoms with Crippen LogP contribution in [0.2, 0.25) is 0 Å². The second-order valence-electron chi connectivity index (χ2n) is 13.3. The van der Waals surface area contributed by atoms with E-state index in [0.717, 1.165) is 29.9 Å². The Morgan fingerprint density at radius 2 is 1.64 bits per heavy atom. The van der Waals surface area contributed by atoms with Crippen molar-refractivity contribution in [3.8, 4) is 11.1 Å². The summed E-state index contributed by atoms with van der Waals surface area (Å²) in [6.45, 7) is 7.99. The third-order valence-corrected chi connectivity index (χ3v) is 11.7. The van der Waals surface area contributed by atoms with Gasteiger partial charge in [0.05, 0.1) is 27.2 Å². The molecule has 5 heterocycles. The van der Waals surface area contributed by atoms with E-state index < -0.39 is 7.14 Å². The first-order chi connectivity index (χ1) is 22.6. The van der Waals surface area contributed by atoms with Crippen molar-refractivity contribution in [2.75, 3.05) is 62.1 Å². The minimum absolute atomic E-state index is 0.432. The number of nitrogens with zero attached hydrogens (tertiary/aromatic N) is 8. The van der Waals surface area contributed by atoms with Crippen molar-refractivity contribution in [3.63, 3.8) is 0 Å². The van der Waals surface area contributed by atoms with Gasteiger partial charge in [-0.25, -0.2) is 4.98 Å². The predicted octanol–water partition coefficient (Wildman–Crippen LogP) is 6.63. The molecule has 1 spiro atoms. The smallest absolute Gasteiger partial charge is 0.229 e. The fourth-order valence-electron chi connectivity index (χ4n) is 6.94. The van der Waals surface area contributed by atoms with E-state index in [2.05, 4.69) is 87.9 Å². The molecule has 2 aliphatic rings. The van der Waals surface area contributed by atoms with Crippen molar-refractivity contribution in [2.45, 2.75) is 25.7 Å². The molecule has 7 rings (SSSR count). The maximum absolute atomic E-state index is 13.4. The molecule has 0 bridgehead atoms. The van der Waals surface area contributed by atoms with Crippen LogP contribution in [0.4, 0.5) is 28.8 Å². The summed E-state index contributed by atoms with van der Waals surface area (Å²) >= 11 is 3.60. The summed E-state index contributed by atoms with van der Waals surface area (Å²) in [7, 11) is 1.45. The quantitative estimate of drug-likeness (QED) is 0.178. The number of likely N-dealkylation sites (tertiary alicyclic amines) is 1. The van der Waals surface area contributed by atoms with E-state index in [0.29, 0.717) is 43.7 Å². The summed E-state index contributed by atoms with van der Waals surface area (Å²) in [6, 6.07) is 10.2. The lowest BCUT2D eigenvalue weighted by molar-refractivity contribution is 0.0945. The van der Waals surface area contributed by atoms with Gasteiger partial charge < -0.3 is 25.0 Å². The minimum Gasteiger partial charge on any atom is -0.371 e. The number of anilines is 5. The fraction of sp³-hybridized carbons (Fsp3) is 0.382. The molecule has 0 radical (unpaired) electrons. The van der Waals surface area contributed by atoms with Crippen LogP contribution in [-0.2, 0) is 11.6 Å². The SMILES string of the molecule is CN1CCC2(CC1)CCN(c1ccc(Nc3ncc(Br)c(Nc4ccc5nccnc5c4P(C)(C)=O)n3)cc1-c1cnn(C)c1)CC2. The van der Waals surface area contributed by atoms with E-state index in [1.807, 2.05) is 30.1 Å². The molecule has 2 aliphatic heterocycles. The van der Waals surface area contributed by atoms with Crippen molar-refractivity contribution >= 4 is 68.2 Å². The highest BCUT2D eigenvalue weighted by Gasteiger charge is 2.37. The second-order valence-corrected chi connectivity index (χ2v) is 17.3. The van der Waals surface area contributed by atoms with Crippen molar-refractivity contribution < 1.29 is 4.57 Å². The van der Waals surface area contributed by atoms with Crippen molar-refractivity contribution in [3.05, 3.63) is 65.8 Å². The van der Waals surface area contributed by atoms with Gasteiger partial charge in [0.2, 0.25) is 5.95 Å². The van der Waals surface area contributed by atoms with Crippen LogP contribution in [0.25, 0.3) is 22.2 Å². The van der Waals surface area contributed by atoms with E-state index in [9.17, 15) is 4.57 Å². The Hall–Kier alpha value is -3.86. The van der Waals surface area contributed by atoms with Gasteiger partial charge >= 0.3 is 0 Å². The van der Waals surface area contributed by atoms with Crippen LogP contribution >= 0.6 is 23.1 Å². The molecule has 0 atom stereocenters. The Kier molecular flexibility index (Phi) is 8.53. The fourth-order valence-corrected chi connectivity index (χ4v) is 8.62. The van der Waals surface area contributed by atoms with Crippen LogP contribution in [0.5, 0.6) is 0 Å². The Morgan fingerprint density at radius 1 is 0.894 bits per heavy atom. The molecule has 0 aliphatic carbocycles. The number of halogens is 1. The summed E-state index contributed by atoms with van der Waals surface area (Å²) in [4.78, 5) is 23.3. The predicted molar refractivity (Wildman–Crippen MR) is 194 cm³/mol. The summed E-state index contributed by atoms with van der Waals surface area (Å²) in [6.07, 6.45) is 14.0. The van der Waals surface area contributed by atoms with Gasteiger partial charge in [-0.3, -0.25) is 14.6 Å². The number of nitrogens with one attached hydrogen (secondary N) is 2. The highest BCUT2D eigenvalue weighted by Crippen LogP contribution is 2.44. The minimum atomic E-state index is -2.73. The first-order valence-electron chi connectivity index (χ1n) is 16.0. The number of fused-ring (bicyclic) bond motifs is 1. The van der Waals surface area contributed by atoms with Gasteiger partial charge in [-0.1, -0.05) is 0 Å². The topological polar surface area (TPSA) is 117 Å². The van der Waals surface area contributed by atoms with Gasteiger partial charge in [0, 0.05) is 67.4 Å². The van der Waals surface area contributed by atoms with Gasteiger partial charge in [0.15, 0.2) is 0 Å². The maximum Gasteiger partial charge on any atom is 0.229 e. The molecular formula is C34H40BrN10OP. The number of rotatable bonds is 7. The highest BCUT2D eigenvalue weighted by molar-refractivity contribution is 9.10. The Morgan fingerprint density at radius 3 is 2.36 bits per heavy atom. The zero-order valence-electron chi connectivity index (χ0n) is 27.2. The summed E-state index contributed by atoms with van der Waals surface area (Å²) < 4.78 is 16.0. The van der Waals surface area contributed by atoms with Gasteiger partial charge in [-0.2, -0.15) is 10.1 Å². The summed E-state index contributed by atoms with van der Waals surface area (Å²) in [5.41, 5.74) is 6.76. The first kappa shape index (κ1) is 31.7. The molecule has 11 nitrogen and oxygen atoms in total. The Labute approximate surface area is 283 Å². The molecule has 0 amide bonds. The molecule has 2 saturated heterocycles. The monoisotopic (exact) mass is 714 g/mol. The Balaban J connectivity index is 1.16. The number of hydrogen-bond donors (Lipinski definition) is 2. The third-order valence-electron chi connectivity index (χ3n) is 9.63. The lowest BCUT2D eigenvalue weighted by Crippen LogP contribution is -2.46. The average molecular weight is 716 g/mol. The van der Waals surface area contributed by atoms with Crippen LogP contribution in [0.3, 0.4) is 0 Å². The van der Waals surface area contributed by atoms with E-state index in [-0.39, 0.29) is 0 Å². The first-order valence-corrected chi connectivity index (χ1v) is 19.4. The third kappa shape index (κ3) is 6.64. The lowest BCUT2D eigenvalue weighted by Gasteiger charge is -2.47. The summed E-state index contributed by atoms with van der Waals surface area (Å²) in [5.74, 6) is 0.974. The number of aryl methyl sites for hydroxylation is 1. The number of aromatic nitrogens is 6. The van der Waals surface area contributed by atoms with E-state index in [1.165, 1.54) is 44.5 Å². The molecule has 13 heteroatoms. The van der Waals surface area contributed by atoms with Crippen LogP contribution in [0.1, 0.15) is 25.7 Å². The molecule has 2 aromatic carbocycles. The van der Waals surface area contributed by atoms with E-state index in [1.54, 1.807) is 31.9 Å². The van der Waals surface area contributed by atoms with Crippen molar-refractivity contribution in [1.82, 2.24) is 34.6 Å². The highest BCUT2D eigenvalue weighted by atomic mass is 79.9. The van der Waals surface area contributed by atoms with Crippen molar-refractivity contribution in [2.24, 2.45) is 12.5 Å². The van der Waals surface area contributed by atoms with E-state index >= 15 is 0 Å². The zero-order chi connectivity index (χ0) is 32.8. The maximum atomic E-state index is 13.4. The molecule has 0 unspecified atom stereocenters. The molecule has 2 N–H and O–H groups in total. The largest absolute Gasteiger partial charge is 0.371 e. The van der Waals surface area contributed by atoms with Gasteiger partial charge in [-0.15, -0.1) is 0 Å². The van der Waals surface area contributed by atoms with Gasteiger partial charge in [0.25, 0.3) is 0 Å². The van der Waals surface area contributed by atoms with Crippen molar-refractivity contribution in [1.29, 1.82) is 0 Å². The number of hydrogen-bond acceptors (Lipinski definition) is 10. The second kappa shape index (κ2) is 12.6. The van der Waals surface area contributed by atoms with Gasteiger partial charge in [-0.05, 0) is 111 Å². The number of piperidine rings is 2. The lowest BCUT2D eigenvalue weighted by atomic mass is 9.71. The van der Waals surface area contributed by atoms with Gasteiger partial charge in [0.1, 0.15) is 18.5 Å². The standard InChI is InChI=1S/C34H40BrN10OP/c1-43-15-9-34(10-16-43)11-17-45(18-12-34)29-8-5-24(19-25(29)23-20-39-44(2)22-23)40-33-38-21-26(35)32(42-33)41-28-7-6-27-30(37-14-13-36-27)31(28)47(3,4)46/h5-8,13-14,19-22H,9-12,15-18H2,1-4H3,(H2,38,40,41,42). The molecular weight excluding hydrogens is 675 g/mol. The number of benzene rings is 2. The molecule has 0 saturated carbocycles. The molecule has 5 aromatic rings. The van der Waals surface area contributed by atoms with Crippen LogP contribution in [-0.4, -0.2) is 81.2 Å². The Bertz CT molecular complexity index is 1970. The average Bonchev–Trinajstić information content (AvgIpc) is 3.50. The van der Waals surface area contributed by atoms with Crippen LogP contribution in [0, 0.1) is 5.41 Å². The van der Waals surface area contributed by atoms with E-state index in [4.69, 9.17) is 4.98 Å². The zero-order valence-corrected chi connectivity index (χ0v) is 29.7.